The van der Waals surface area contributed by atoms with Gasteiger partial charge < -0.3 is 10.2 Å². The van der Waals surface area contributed by atoms with Gasteiger partial charge in [0.05, 0.1) is 12.0 Å². The van der Waals surface area contributed by atoms with Crippen LogP contribution in [0.3, 0.4) is 0 Å². The van der Waals surface area contributed by atoms with Gasteiger partial charge in [0.25, 0.3) is 10.0 Å². The lowest BCUT2D eigenvalue weighted by Crippen LogP contribution is -2.16. The van der Waals surface area contributed by atoms with Gasteiger partial charge in [-0.25, -0.2) is 18.1 Å². The number of rotatable bonds is 5. The highest BCUT2D eigenvalue weighted by atomic mass is 32.2. The fraction of sp³-hybridized carbons (Fsp3) is 0.167. The Morgan fingerprint density at radius 1 is 1.19 bits per heavy atom. The van der Waals surface area contributed by atoms with Gasteiger partial charge in [-0.05, 0) is 31.2 Å². The molecule has 1 aromatic carbocycles. The van der Waals surface area contributed by atoms with E-state index < -0.39 is 10.0 Å². The SMILES string of the molecule is COc1cc(C)nc(NS(=O)(=O)c2ccc(NN)cc2)n1. The van der Waals surface area contributed by atoms with Gasteiger partial charge in [-0.3, -0.25) is 5.84 Å². The summed E-state index contributed by atoms with van der Waals surface area (Å²) in [7, 11) is -2.34. The Bertz CT molecular complexity index is 731. The highest BCUT2D eigenvalue weighted by Crippen LogP contribution is 2.17. The highest BCUT2D eigenvalue weighted by molar-refractivity contribution is 7.92. The molecule has 2 aromatic rings. The number of sulfonamides is 1. The van der Waals surface area contributed by atoms with Crippen molar-refractivity contribution >= 4 is 21.7 Å². The maximum Gasteiger partial charge on any atom is 0.264 e. The smallest absolute Gasteiger partial charge is 0.264 e. The molecule has 0 radical (unpaired) electrons. The number of methoxy groups -OCH3 is 1. The number of nitrogens with zero attached hydrogens (tertiary/aromatic N) is 2. The van der Waals surface area contributed by atoms with Crippen LogP contribution in [0.5, 0.6) is 5.88 Å². The zero-order valence-corrected chi connectivity index (χ0v) is 12.3. The van der Waals surface area contributed by atoms with Crippen molar-refractivity contribution in [2.45, 2.75) is 11.8 Å². The molecule has 9 heteroatoms. The van der Waals surface area contributed by atoms with Crippen LogP contribution in [0, 0.1) is 6.92 Å². The minimum Gasteiger partial charge on any atom is -0.481 e. The Morgan fingerprint density at radius 2 is 1.86 bits per heavy atom. The number of nitrogens with one attached hydrogen (secondary N) is 2. The summed E-state index contributed by atoms with van der Waals surface area (Å²) in [6.45, 7) is 1.71. The third kappa shape index (κ3) is 3.58. The monoisotopic (exact) mass is 309 g/mol. The van der Waals surface area contributed by atoms with Crippen LogP contribution in [-0.2, 0) is 10.0 Å². The Kier molecular flexibility index (Phi) is 4.24. The van der Waals surface area contributed by atoms with Crippen molar-refractivity contribution < 1.29 is 13.2 Å². The first-order valence-electron chi connectivity index (χ1n) is 5.94. The largest absolute Gasteiger partial charge is 0.481 e. The summed E-state index contributed by atoms with van der Waals surface area (Å²) < 4.78 is 31.7. The highest BCUT2D eigenvalue weighted by Gasteiger charge is 2.16. The molecular formula is C12H15N5O3S. The number of ether oxygens (including phenoxy) is 1. The van der Waals surface area contributed by atoms with Crippen molar-refractivity contribution in [1.29, 1.82) is 0 Å². The molecule has 0 spiro atoms. The molecule has 1 aromatic heterocycles. The number of aromatic nitrogens is 2. The van der Waals surface area contributed by atoms with Crippen LogP contribution < -0.4 is 20.7 Å². The predicted octanol–water partition coefficient (Wildman–Crippen LogP) is 0.880. The van der Waals surface area contributed by atoms with Crippen LogP contribution in [0.1, 0.15) is 5.69 Å². The molecule has 2 rings (SSSR count). The number of hydrogen-bond donors (Lipinski definition) is 3. The van der Waals surface area contributed by atoms with Gasteiger partial charge in [-0.1, -0.05) is 0 Å². The molecule has 8 nitrogen and oxygen atoms in total. The second kappa shape index (κ2) is 5.94. The van der Waals surface area contributed by atoms with Gasteiger partial charge in [0.1, 0.15) is 0 Å². The van der Waals surface area contributed by atoms with Crippen LogP contribution in [0.25, 0.3) is 0 Å². The third-order valence-corrected chi connectivity index (χ3v) is 3.94. The predicted molar refractivity (Wildman–Crippen MR) is 78.4 cm³/mol. The molecule has 112 valence electrons. The minimum atomic E-state index is -3.78. The van der Waals surface area contributed by atoms with Crippen molar-refractivity contribution in [3.05, 3.63) is 36.0 Å². The van der Waals surface area contributed by atoms with Gasteiger partial charge in [-0.2, -0.15) is 4.98 Å². The zero-order valence-electron chi connectivity index (χ0n) is 11.5. The summed E-state index contributed by atoms with van der Waals surface area (Å²) in [4.78, 5) is 8.03. The number of nitrogens with two attached hydrogens (primary N) is 1. The van der Waals surface area contributed by atoms with Gasteiger partial charge in [-0.15, -0.1) is 0 Å². The average molecular weight is 309 g/mol. The fourth-order valence-corrected chi connectivity index (χ4v) is 2.54. The summed E-state index contributed by atoms with van der Waals surface area (Å²) in [6, 6.07) is 7.53. The first-order chi connectivity index (χ1) is 9.94. The van der Waals surface area contributed by atoms with Gasteiger partial charge in [0.15, 0.2) is 0 Å². The van der Waals surface area contributed by atoms with Crippen molar-refractivity contribution in [3.8, 4) is 5.88 Å². The zero-order chi connectivity index (χ0) is 15.5. The van der Waals surface area contributed by atoms with Crippen LogP contribution in [0.4, 0.5) is 11.6 Å². The molecule has 0 saturated heterocycles. The van der Waals surface area contributed by atoms with E-state index in [0.29, 0.717) is 11.4 Å². The van der Waals surface area contributed by atoms with E-state index in [1.165, 1.54) is 19.2 Å². The lowest BCUT2D eigenvalue weighted by atomic mass is 10.3. The normalized spacial score (nSPS) is 11.0. The number of anilines is 2. The van der Waals surface area contributed by atoms with Crippen LogP contribution in [0.15, 0.2) is 35.2 Å². The van der Waals surface area contributed by atoms with E-state index in [9.17, 15) is 8.42 Å². The van der Waals surface area contributed by atoms with Gasteiger partial charge in [0, 0.05) is 17.4 Å². The van der Waals surface area contributed by atoms with E-state index in [4.69, 9.17) is 10.6 Å². The number of hydrazine groups is 1. The summed E-state index contributed by atoms with van der Waals surface area (Å²) in [5.74, 6) is 5.46. The maximum absolute atomic E-state index is 12.2. The van der Waals surface area contributed by atoms with E-state index in [0.717, 1.165) is 0 Å². The molecule has 0 saturated carbocycles. The quantitative estimate of drug-likeness (QED) is 0.554. The van der Waals surface area contributed by atoms with Crippen LogP contribution in [0.2, 0.25) is 0 Å². The Balaban J connectivity index is 2.30. The maximum atomic E-state index is 12.2. The topological polar surface area (TPSA) is 119 Å². The second-order valence-electron chi connectivity index (χ2n) is 4.15. The fourth-order valence-electron chi connectivity index (χ4n) is 1.60. The molecule has 0 aliphatic heterocycles. The Morgan fingerprint density at radius 3 is 2.43 bits per heavy atom. The second-order valence-corrected chi connectivity index (χ2v) is 5.83. The first-order valence-corrected chi connectivity index (χ1v) is 7.42. The molecule has 0 aliphatic carbocycles. The number of hydrogen-bond acceptors (Lipinski definition) is 7. The standard InChI is InChI=1S/C12H15N5O3S/c1-8-7-11(20-2)15-12(14-8)17-21(18,19)10-5-3-9(16-13)4-6-10/h3-7,16H,13H2,1-2H3,(H,14,15,17). The van der Waals surface area contributed by atoms with Crippen molar-refractivity contribution in [2.75, 3.05) is 17.3 Å². The van der Waals surface area contributed by atoms with Crippen LogP contribution in [-0.4, -0.2) is 25.5 Å². The lowest BCUT2D eigenvalue weighted by molar-refractivity contribution is 0.397. The number of nitrogen functional groups attached to an aromatic ring is 1. The number of aryl methyl sites for hydroxylation is 1. The third-order valence-electron chi connectivity index (χ3n) is 2.60. The van der Waals surface area contributed by atoms with E-state index in [1.807, 2.05) is 0 Å². The molecule has 0 aliphatic rings. The molecule has 0 unspecified atom stereocenters. The average Bonchev–Trinajstić information content (AvgIpc) is 2.46. The molecular weight excluding hydrogens is 294 g/mol. The van der Waals surface area contributed by atoms with E-state index in [2.05, 4.69) is 20.1 Å². The first kappa shape index (κ1) is 15.0. The molecule has 1 heterocycles. The van der Waals surface area contributed by atoms with E-state index in [1.54, 1.807) is 25.1 Å². The molecule has 0 amide bonds. The molecule has 0 atom stereocenters. The van der Waals surface area contributed by atoms with Gasteiger partial charge in [0.2, 0.25) is 11.8 Å². The Hall–Kier alpha value is -2.39. The van der Waals surface area contributed by atoms with Crippen molar-refractivity contribution in [2.24, 2.45) is 5.84 Å². The summed E-state index contributed by atoms with van der Waals surface area (Å²) in [5.41, 5.74) is 3.61. The van der Waals surface area contributed by atoms with E-state index in [-0.39, 0.29) is 16.7 Å². The number of benzene rings is 1. The van der Waals surface area contributed by atoms with Crippen molar-refractivity contribution in [3.63, 3.8) is 0 Å². The molecule has 21 heavy (non-hydrogen) atoms. The minimum absolute atomic E-state index is 0.0483. The lowest BCUT2D eigenvalue weighted by Gasteiger charge is -2.09. The summed E-state index contributed by atoms with van der Waals surface area (Å²) >= 11 is 0. The molecule has 0 bridgehead atoms. The Labute approximate surface area is 122 Å². The molecule has 4 N–H and O–H groups in total. The summed E-state index contributed by atoms with van der Waals surface area (Å²) in [5, 5.41) is 0. The van der Waals surface area contributed by atoms with Crippen LogP contribution >= 0.6 is 0 Å². The van der Waals surface area contributed by atoms with Gasteiger partial charge >= 0.3 is 0 Å². The summed E-state index contributed by atoms with van der Waals surface area (Å²) in [6.07, 6.45) is 0. The molecule has 0 fully saturated rings. The van der Waals surface area contributed by atoms with E-state index >= 15 is 0 Å². The van der Waals surface area contributed by atoms with Crippen molar-refractivity contribution in [1.82, 2.24) is 9.97 Å².